The van der Waals surface area contributed by atoms with Crippen molar-refractivity contribution in [1.82, 2.24) is 29.0 Å². The topological polar surface area (TPSA) is 157 Å². The standard InChI is InChI=1S/C26H26F2N8O5S.ClH/c1-26(2,23(37)38)41-18-13-16(14(27)12-15(18)28)34-8-5-33(6-9-34)7-10-35-21-19(42-25(35)39)22-30-20(17-4-3-11-40-17)32-36(22)24(29)31-21;/h3-4,11-13H,5-10H2,1-2H3,(H2,29,31)(H,37,38);1H. The summed E-state index contributed by atoms with van der Waals surface area (Å²) in [6.07, 6.45) is 1.51. The van der Waals surface area contributed by atoms with Crippen LogP contribution in [0, 0.1) is 11.6 Å². The molecule has 17 heteroatoms. The zero-order chi connectivity index (χ0) is 29.8. The highest BCUT2D eigenvalue weighted by molar-refractivity contribution is 7.17. The van der Waals surface area contributed by atoms with Gasteiger partial charge in [-0.15, -0.1) is 17.5 Å². The zero-order valence-electron chi connectivity index (χ0n) is 23.0. The van der Waals surface area contributed by atoms with E-state index in [9.17, 15) is 23.5 Å². The first-order valence-electron chi connectivity index (χ1n) is 13.0. The molecule has 4 aromatic heterocycles. The van der Waals surface area contributed by atoms with Gasteiger partial charge >= 0.3 is 10.8 Å². The minimum absolute atomic E-state index is 0. The minimum atomic E-state index is -1.69. The highest BCUT2D eigenvalue weighted by atomic mass is 35.5. The lowest BCUT2D eigenvalue weighted by atomic mass is 10.1. The van der Waals surface area contributed by atoms with E-state index in [1.165, 1.54) is 30.7 Å². The van der Waals surface area contributed by atoms with E-state index >= 15 is 0 Å². The molecule has 13 nitrogen and oxygen atoms in total. The summed E-state index contributed by atoms with van der Waals surface area (Å²) in [6, 6.07) is 5.34. The van der Waals surface area contributed by atoms with E-state index in [1.807, 2.05) is 0 Å². The quantitative estimate of drug-likeness (QED) is 0.258. The summed E-state index contributed by atoms with van der Waals surface area (Å²) in [7, 11) is 0. The number of ether oxygens (including phenoxy) is 1. The maximum Gasteiger partial charge on any atom is 0.347 e. The van der Waals surface area contributed by atoms with Crippen LogP contribution in [0.1, 0.15) is 13.8 Å². The predicted octanol–water partition coefficient (Wildman–Crippen LogP) is 3.11. The molecule has 3 N–H and O–H groups in total. The summed E-state index contributed by atoms with van der Waals surface area (Å²) in [5.74, 6) is -2.49. The molecule has 43 heavy (non-hydrogen) atoms. The fraction of sp³-hybridized carbons (Fsp3) is 0.346. The largest absolute Gasteiger partial charge is 0.478 e. The average molecular weight is 637 g/mol. The van der Waals surface area contributed by atoms with Crippen LogP contribution in [0.25, 0.3) is 27.6 Å². The molecular formula is C26H27ClF2N8O5S. The Morgan fingerprint density at radius 1 is 1.14 bits per heavy atom. The number of nitrogens with zero attached hydrogens (tertiary/aromatic N) is 7. The van der Waals surface area contributed by atoms with Crippen LogP contribution in [0.4, 0.5) is 20.4 Å². The average Bonchev–Trinajstić information content (AvgIpc) is 3.69. The Kier molecular flexibility index (Phi) is 8.02. The normalized spacial score (nSPS) is 14.4. The Morgan fingerprint density at radius 2 is 1.88 bits per heavy atom. The number of aliphatic carboxylic acids is 1. The molecule has 0 radical (unpaired) electrons. The molecule has 0 bridgehead atoms. The number of carboxylic acids is 1. The molecule has 5 heterocycles. The van der Waals surface area contributed by atoms with E-state index in [2.05, 4.69) is 20.0 Å². The van der Waals surface area contributed by atoms with Gasteiger partial charge in [0.2, 0.25) is 11.8 Å². The number of rotatable bonds is 8. The SMILES string of the molecule is CC(C)(Oc1cc(N2CCN(CCn3c(=O)sc4c3nc(N)n3nc(-c5ccco5)nc43)CC2)c(F)cc1F)C(=O)O.Cl. The van der Waals surface area contributed by atoms with E-state index in [0.717, 1.165) is 11.3 Å². The molecule has 1 aliphatic heterocycles. The van der Waals surface area contributed by atoms with E-state index < -0.39 is 23.2 Å². The van der Waals surface area contributed by atoms with Crippen LogP contribution in [0.15, 0.2) is 39.7 Å². The monoisotopic (exact) mass is 636 g/mol. The van der Waals surface area contributed by atoms with Crippen molar-refractivity contribution >= 4 is 57.3 Å². The highest BCUT2D eigenvalue weighted by Gasteiger charge is 2.32. The summed E-state index contributed by atoms with van der Waals surface area (Å²) >= 11 is 1.01. The molecule has 1 fully saturated rings. The lowest BCUT2D eigenvalue weighted by Crippen LogP contribution is -2.47. The molecule has 5 aromatic rings. The Labute approximate surface area is 252 Å². The number of thiazole rings is 1. The lowest BCUT2D eigenvalue weighted by molar-refractivity contribution is -0.152. The van der Waals surface area contributed by atoms with E-state index in [4.69, 9.17) is 14.9 Å². The maximum atomic E-state index is 14.7. The van der Waals surface area contributed by atoms with Gasteiger partial charge in [-0.25, -0.2) is 18.6 Å². The Bertz CT molecular complexity index is 1860. The van der Waals surface area contributed by atoms with Gasteiger partial charge in [0.25, 0.3) is 0 Å². The second-order valence-corrected chi connectivity index (χ2v) is 11.2. The molecule has 228 valence electrons. The third-order valence-corrected chi connectivity index (χ3v) is 8.06. The number of piperazine rings is 1. The lowest BCUT2D eigenvalue weighted by Gasteiger charge is -2.36. The van der Waals surface area contributed by atoms with Gasteiger partial charge in [-0.3, -0.25) is 14.3 Å². The summed E-state index contributed by atoms with van der Waals surface area (Å²) in [4.78, 5) is 37.0. The van der Waals surface area contributed by atoms with Gasteiger partial charge in [0.15, 0.2) is 34.2 Å². The second kappa shape index (κ2) is 11.4. The molecule has 1 aliphatic rings. The summed E-state index contributed by atoms with van der Waals surface area (Å²) in [6.45, 7) is 5.36. The van der Waals surface area contributed by atoms with Crippen LogP contribution in [0.5, 0.6) is 5.75 Å². The van der Waals surface area contributed by atoms with Gasteiger partial charge in [-0.05, 0) is 26.0 Å². The number of carbonyl (C=O) groups is 1. The fourth-order valence-corrected chi connectivity index (χ4v) is 5.68. The van der Waals surface area contributed by atoms with Crippen molar-refractivity contribution in [1.29, 1.82) is 0 Å². The van der Waals surface area contributed by atoms with Gasteiger partial charge in [-0.2, -0.15) is 9.50 Å². The number of aromatic nitrogens is 5. The first kappa shape index (κ1) is 30.2. The summed E-state index contributed by atoms with van der Waals surface area (Å²) in [5, 5.41) is 13.7. The first-order chi connectivity index (χ1) is 20.0. The number of hydrogen-bond acceptors (Lipinski definition) is 11. The molecule has 0 aliphatic carbocycles. The second-order valence-electron chi connectivity index (χ2n) is 10.3. The number of carboxylic acid groups (broad SMARTS) is 1. The molecule has 1 saturated heterocycles. The number of benzene rings is 1. The number of fused-ring (bicyclic) bond motifs is 3. The van der Waals surface area contributed by atoms with Gasteiger partial charge < -0.3 is 24.9 Å². The Morgan fingerprint density at radius 3 is 2.56 bits per heavy atom. The molecule has 0 spiro atoms. The van der Waals surface area contributed by atoms with Gasteiger partial charge in [0.05, 0.1) is 12.0 Å². The van der Waals surface area contributed by atoms with Crippen LogP contribution in [-0.4, -0.2) is 78.4 Å². The first-order valence-corrected chi connectivity index (χ1v) is 13.8. The third-order valence-electron chi connectivity index (χ3n) is 7.09. The van der Waals surface area contributed by atoms with Crippen molar-refractivity contribution in [2.45, 2.75) is 26.0 Å². The van der Waals surface area contributed by atoms with E-state index in [0.29, 0.717) is 72.9 Å². The zero-order valence-corrected chi connectivity index (χ0v) is 24.6. The smallest absolute Gasteiger partial charge is 0.347 e. The third kappa shape index (κ3) is 5.60. The van der Waals surface area contributed by atoms with Crippen LogP contribution in [-0.2, 0) is 11.3 Å². The summed E-state index contributed by atoms with van der Waals surface area (Å²) in [5.41, 5.74) is 5.41. The number of nitrogens with two attached hydrogens (primary N) is 1. The maximum absolute atomic E-state index is 14.7. The van der Waals surface area contributed by atoms with Crippen LogP contribution >= 0.6 is 23.7 Å². The van der Waals surface area contributed by atoms with Crippen molar-refractivity contribution in [2.24, 2.45) is 0 Å². The Hall–Kier alpha value is -4.28. The Balaban J connectivity index is 0.00000368. The van der Waals surface area contributed by atoms with Gasteiger partial charge in [0.1, 0.15) is 10.5 Å². The molecule has 0 amide bonds. The molecule has 1 aromatic carbocycles. The van der Waals surface area contributed by atoms with Crippen molar-refractivity contribution in [3.63, 3.8) is 0 Å². The van der Waals surface area contributed by atoms with Gasteiger partial charge in [-0.1, -0.05) is 11.3 Å². The predicted molar refractivity (Wildman–Crippen MR) is 157 cm³/mol. The van der Waals surface area contributed by atoms with Gasteiger partial charge in [0, 0.05) is 51.4 Å². The number of anilines is 2. The molecule has 6 rings (SSSR count). The van der Waals surface area contributed by atoms with Crippen LogP contribution in [0.3, 0.4) is 0 Å². The van der Waals surface area contributed by atoms with Crippen LogP contribution in [0.2, 0.25) is 0 Å². The highest BCUT2D eigenvalue weighted by Crippen LogP contribution is 2.31. The van der Waals surface area contributed by atoms with Crippen molar-refractivity contribution in [2.75, 3.05) is 43.4 Å². The number of halogens is 3. The minimum Gasteiger partial charge on any atom is -0.478 e. The van der Waals surface area contributed by atoms with E-state index in [1.54, 1.807) is 21.6 Å². The number of hydrogen-bond donors (Lipinski definition) is 2. The van der Waals surface area contributed by atoms with E-state index in [-0.39, 0.29) is 34.7 Å². The van der Waals surface area contributed by atoms with Crippen molar-refractivity contribution < 1.29 is 27.8 Å². The molecular weight excluding hydrogens is 610 g/mol. The number of furan rings is 1. The van der Waals surface area contributed by atoms with Crippen molar-refractivity contribution in [3.8, 4) is 17.3 Å². The van der Waals surface area contributed by atoms with Crippen molar-refractivity contribution in [3.05, 3.63) is 51.8 Å². The van der Waals surface area contributed by atoms with Crippen LogP contribution < -0.4 is 20.2 Å². The fourth-order valence-electron chi connectivity index (χ4n) is 4.75. The molecule has 0 atom stereocenters. The molecule has 0 unspecified atom stereocenters. The number of nitrogen functional groups attached to an aromatic ring is 1. The summed E-state index contributed by atoms with van der Waals surface area (Å²) < 4.78 is 43.3. The molecule has 0 saturated carbocycles.